The number of esters is 1. The maximum Gasteiger partial charge on any atom is 0.347 e. The molecule has 0 aromatic heterocycles. The maximum absolute atomic E-state index is 11.3. The molecule has 0 saturated carbocycles. The first-order valence-electron chi connectivity index (χ1n) is 4.93. The monoisotopic (exact) mass is 243 g/mol. The third-order valence-electron chi connectivity index (χ3n) is 1.90. The largest absolute Gasteiger partial charge is 0.477 e. The number of benzene rings is 1. The highest BCUT2D eigenvalue weighted by Gasteiger charge is 2.16. The Hall–Kier alpha value is -1.42. The lowest BCUT2D eigenvalue weighted by atomic mass is 10.3. The predicted molar refractivity (Wildman–Crippen MR) is 62.6 cm³/mol. The van der Waals surface area contributed by atoms with Crippen LogP contribution in [-0.4, -0.2) is 18.7 Å². The molecule has 0 saturated heterocycles. The van der Waals surface area contributed by atoms with Gasteiger partial charge in [-0.25, -0.2) is 4.79 Å². The Labute approximate surface area is 99.3 Å². The number of rotatable bonds is 4. The molecule has 0 aliphatic heterocycles. The normalized spacial score (nSPS) is 11.9. The lowest BCUT2D eigenvalue weighted by molar-refractivity contribution is -0.150. The van der Waals surface area contributed by atoms with Gasteiger partial charge in [0.1, 0.15) is 5.75 Å². The van der Waals surface area contributed by atoms with Gasteiger partial charge < -0.3 is 15.2 Å². The predicted octanol–water partition coefficient (Wildman–Crippen LogP) is 2.25. The fraction of sp³-hybridized carbons (Fsp3) is 0.364. The van der Waals surface area contributed by atoms with Gasteiger partial charge in [-0.2, -0.15) is 0 Å². The van der Waals surface area contributed by atoms with E-state index in [1.165, 1.54) is 0 Å². The van der Waals surface area contributed by atoms with Crippen LogP contribution in [0.1, 0.15) is 13.8 Å². The molecule has 16 heavy (non-hydrogen) atoms. The van der Waals surface area contributed by atoms with E-state index in [1.807, 2.05) is 0 Å². The van der Waals surface area contributed by atoms with Crippen molar-refractivity contribution in [1.29, 1.82) is 0 Å². The number of nitrogen functional groups attached to an aromatic ring is 1. The molecule has 0 fully saturated rings. The number of ether oxygens (including phenoxy) is 2. The standard InChI is InChI=1S/C11H14ClNO3/c1-3-15-11(14)7(2)16-10-6-8(12)4-5-9(10)13/h4-7H,3,13H2,1-2H3. The van der Waals surface area contributed by atoms with Gasteiger partial charge in [-0.1, -0.05) is 11.6 Å². The smallest absolute Gasteiger partial charge is 0.347 e. The number of halogens is 1. The van der Waals surface area contributed by atoms with Gasteiger partial charge in [-0.3, -0.25) is 0 Å². The van der Waals surface area contributed by atoms with Gasteiger partial charge in [0.2, 0.25) is 0 Å². The summed E-state index contributed by atoms with van der Waals surface area (Å²) < 4.78 is 10.2. The Balaban J connectivity index is 2.72. The fourth-order valence-corrected chi connectivity index (χ4v) is 1.27. The summed E-state index contributed by atoms with van der Waals surface area (Å²) in [5.74, 6) is -0.0464. The minimum absolute atomic E-state index is 0.317. The van der Waals surface area contributed by atoms with E-state index in [-0.39, 0.29) is 0 Å². The Morgan fingerprint density at radius 1 is 1.56 bits per heavy atom. The minimum Gasteiger partial charge on any atom is -0.477 e. The number of hydrogen-bond acceptors (Lipinski definition) is 4. The molecule has 0 amide bonds. The van der Waals surface area contributed by atoms with Crippen molar-refractivity contribution in [3.05, 3.63) is 23.2 Å². The molecule has 4 nitrogen and oxygen atoms in total. The van der Waals surface area contributed by atoms with E-state index in [0.29, 0.717) is 23.1 Å². The van der Waals surface area contributed by atoms with E-state index in [9.17, 15) is 4.79 Å². The molecule has 1 aromatic rings. The van der Waals surface area contributed by atoms with E-state index in [0.717, 1.165) is 0 Å². The fourth-order valence-electron chi connectivity index (χ4n) is 1.11. The van der Waals surface area contributed by atoms with Crippen molar-refractivity contribution in [2.75, 3.05) is 12.3 Å². The third-order valence-corrected chi connectivity index (χ3v) is 2.13. The van der Waals surface area contributed by atoms with Crippen LogP contribution in [0.2, 0.25) is 5.02 Å². The Morgan fingerprint density at radius 2 is 2.25 bits per heavy atom. The van der Waals surface area contributed by atoms with E-state index < -0.39 is 12.1 Å². The zero-order valence-electron chi connectivity index (χ0n) is 9.20. The highest BCUT2D eigenvalue weighted by atomic mass is 35.5. The number of hydrogen-bond donors (Lipinski definition) is 1. The van der Waals surface area contributed by atoms with Crippen LogP contribution in [-0.2, 0) is 9.53 Å². The average Bonchev–Trinajstić information content (AvgIpc) is 2.23. The summed E-state index contributed by atoms with van der Waals surface area (Å²) >= 11 is 5.79. The molecule has 0 spiro atoms. The van der Waals surface area contributed by atoms with Crippen LogP contribution in [0.3, 0.4) is 0 Å². The van der Waals surface area contributed by atoms with Crippen LogP contribution in [0.15, 0.2) is 18.2 Å². The van der Waals surface area contributed by atoms with Crippen LogP contribution < -0.4 is 10.5 Å². The Morgan fingerprint density at radius 3 is 2.88 bits per heavy atom. The zero-order valence-corrected chi connectivity index (χ0v) is 9.95. The van der Waals surface area contributed by atoms with Gasteiger partial charge in [0.05, 0.1) is 12.3 Å². The van der Waals surface area contributed by atoms with Gasteiger partial charge in [-0.15, -0.1) is 0 Å². The second-order valence-corrected chi connectivity index (χ2v) is 3.63. The average molecular weight is 244 g/mol. The first kappa shape index (κ1) is 12.6. The Kier molecular flexibility index (Phi) is 4.43. The van der Waals surface area contributed by atoms with E-state index in [2.05, 4.69) is 0 Å². The van der Waals surface area contributed by atoms with Gasteiger partial charge >= 0.3 is 5.97 Å². The van der Waals surface area contributed by atoms with Crippen molar-refractivity contribution in [3.8, 4) is 5.75 Å². The van der Waals surface area contributed by atoms with Crippen molar-refractivity contribution in [1.82, 2.24) is 0 Å². The summed E-state index contributed by atoms with van der Waals surface area (Å²) in [5.41, 5.74) is 6.11. The molecule has 1 unspecified atom stereocenters. The van der Waals surface area contributed by atoms with Crippen molar-refractivity contribution < 1.29 is 14.3 Å². The lowest BCUT2D eigenvalue weighted by Crippen LogP contribution is -2.26. The summed E-state index contributed by atoms with van der Waals surface area (Å²) in [6, 6.07) is 4.83. The summed E-state index contributed by atoms with van der Waals surface area (Å²) in [5, 5.41) is 0.500. The third kappa shape index (κ3) is 3.31. The summed E-state index contributed by atoms with van der Waals surface area (Å²) in [7, 11) is 0. The number of carbonyl (C=O) groups is 1. The molecular formula is C11H14ClNO3. The molecule has 2 N–H and O–H groups in total. The van der Waals surface area contributed by atoms with Crippen LogP contribution in [0, 0.1) is 0 Å². The second-order valence-electron chi connectivity index (χ2n) is 3.19. The number of anilines is 1. The molecule has 0 aliphatic carbocycles. The van der Waals surface area contributed by atoms with Gasteiger partial charge in [0, 0.05) is 11.1 Å². The molecule has 88 valence electrons. The molecule has 5 heteroatoms. The van der Waals surface area contributed by atoms with Crippen LogP contribution in [0.5, 0.6) is 5.75 Å². The first-order chi connectivity index (χ1) is 7.54. The highest BCUT2D eigenvalue weighted by molar-refractivity contribution is 6.30. The topological polar surface area (TPSA) is 61.5 Å². The molecule has 1 rings (SSSR count). The minimum atomic E-state index is -0.708. The molecule has 1 aromatic carbocycles. The summed E-state index contributed by atoms with van der Waals surface area (Å²) in [6.45, 7) is 3.65. The van der Waals surface area contributed by atoms with Crippen molar-refractivity contribution in [2.24, 2.45) is 0 Å². The molecule has 0 radical (unpaired) electrons. The summed E-state index contributed by atoms with van der Waals surface area (Å²) in [4.78, 5) is 11.3. The molecule has 0 heterocycles. The second kappa shape index (κ2) is 5.61. The highest BCUT2D eigenvalue weighted by Crippen LogP contribution is 2.26. The molecule has 0 bridgehead atoms. The zero-order chi connectivity index (χ0) is 12.1. The van der Waals surface area contributed by atoms with Gasteiger partial charge in [0.25, 0.3) is 0 Å². The van der Waals surface area contributed by atoms with Crippen molar-refractivity contribution >= 4 is 23.3 Å². The molecule has 1 atom stereocenters. The quantitative estimate of drug-likeness (QED) is 0.651. The van der Waals surface area contributed by atoms with Crippen LogP contribution >= 0.6 is 11.6 Å². The number of nitrogens with two attached hydrogens (primary N) is 1. The van der Waals surface area contributed by atoms with Crippen LogP contribution in [0.25, 0.3) is 0 Å². The van der Waals surface area contributed by atoms with E-state index >= 15 is 0 Å². The van der Waals surface area contributed by atoms with Crippen molar-refractivity contribution in [2.45, 2.75) is 20.0 Å². The number of carbonyl (C=O) groups excluding carboxylic acids is 1. The van der Waals surface area contributed by atoms with Crippen LogP contribution in [0.4, 0.5) is 5.69 Å². The summed E-state index contributed by atoms with van der Waals surface area (Å²) in [6.07, 6.45) is -0.708. The van der Waals surface area contributed by atoms with Gasteiger partial charge in [0.15, 0.2) is 6.10 Å². The first-order valence-corrected chi connectivity index (χ1v) is 5.30. The van der Waals surface area contributed by atoms with E-state index in [4.69, 9.17) is 26.8 Å². The Bertz CT molecular complexity index is 381. The SMILES string of the molecule is CCOC(=O)C(C)Oc1cc(Cl)ccc1N. The van der Waals surface area contributed by atoms with Gasteiger partial charge in [-0.05, 0) is 26.0 Å². The van der Waals surface area contributed by atoms with Crippen molar-refractivity contribution in [3.63, 3.8) is 0 Å². The molecule has 0 aliphatic rings. The van der Waals surface area contributed by atoms with E-state index in [1.54, 1.807) is 32.0 Å². The molecular weight excluding hydrogens is 230 g/mol. The maximum atomic E-state index is 11.3. The lowest BCUT2D eigenvalue weighted by Gasteiger charge is -2.14.